The third-order valence-electron chi connectivity index (χ3n) is 2.17. The minimum absolute atomic E-state index is 0.0899. The van der Waals surface area contributed by atoms with Crippen LogP contribution < -0.4 is 4.72 Å². The second kappa shape index (κ2) is 6.80. The number of nitro benzene ring substituents is 1. The van der Waals surface area contributed by atoms with Gasteiger partial charge in [0.05, 0.1) is 16.4 Å². The van der Waals surface area contributed by atoms with Gasteiger partial charge in [0.25, 0.3) is 5.69 Å². The molecule has 0 fully saturated rings. The molecule has 0 atom stereocenters. The van der Waals surface area contributed by atoms with Crippen molar-refractivity contribution in [3.63, 3.8) is 0 Å². The molecule has 0 bridgehead atoms. The Bertz CT molecular complexity index is 561. The first-order valence-electron chi connectivity index (χ1n) is 5.40. The van der Waals surface area contributed by atoms with Crippen LogP contribution in [0.25, 0.3) is 0 Å². The summed E-state index contributed by atoms with van der Waals surface area (Å²) in [7, 11) is -3.81. The molecule has 1 aromatic carbocycles. The Morgan fingerprint density at radius 1 is 1.47 bits per heavy atom. The summed E-state index contributed by atoms with van der Waals surface area (Å²) in [6.07, 6.45) is 0. The van der Waals surface area contributed by atoms with E-state index >= 15 is 0 Å². The molecule has 7 nitrogen and oxygen atoms in total. The Morgan fingerprint density at radius 3 is 2.74 bits per heavy atom. The SMILES string of the molecule is CCOCCNS(=O)(=O)c1ccc(Cl)c([N+](=O)[O-])c1. The Hall–Kier alpha value is -1.22. The van der Waals surface area contributed by atoms with Gasteiger partial charge in [-0.25, -0.2) is 13.1 Å². The van der Waals surface area contributed by atoms with Gasteiger partial charge in [0.15, 0.2) is 0 Å². The monoisotopic (exact) mass is 308 g/mol. The number of ether oxygens (including phenoxy) is 1. The van der Waals surface area contributed by atoms with E-state index in [2.05, 4.69) is 4.72 Å². The van der Waals surface area contributed by atoms with Crippen LogP contribution in [0.2, 0.25) is 5.02 Å². The quantitative estimate of drug-likeness (QED) is 0.468. The lowest BCUT2D eigenvalue weighted by atomic mass is 10.3. The van der Waals surface area contributed by atoms with E-state index in [4.69, 9.17) is 16.3 Å². The summed E-state index contributed by atoms with van der Waals surface area (Å²) < 4.78 is 31.0. The summed E-state index contributed by atoms with van der Waals surface area (Å²) in [4.78, 5) is 9.74. The minimum atomic E-state index is -3.81. The molecule has 0 aromatic heterocycles. The predicted octanol–water partition coefficient (Wildman–Crippen LogP) is 1.56. The standard InChI is InChI=1S/C10H13ClN2O5S/c1-2-18-6-5-12-19(16,17)8-3-4-9(11)10(7-8)13(14)15/h3-4,7,12H,2,5-6H2,1H3. The van der Waals surface area contributed by atoms with Gasteiger partial charge in [0, 0.05) is 19.2 Å². The fourth-order valence-electron chi connectivity index (χ4n) is 1.28. The number of hydrogen-bond acceptors (Lipinski definition) is 5. The number of nitro groups is 1. The van der Waals surface area contributed by atoms with Crippen molar-refractivity contribution >= 4 is 27.3 Å². The van der Waals surface area contributed by atoms with Gasteiger partial charge in [-0.3, -0.25) is 10.1 Å². The number of hydrogen-bond donors (Lipinski definition) is 1. The van der Waals surface area contributed by atoms with Crippen molar-refractivity contribution in [3.8, 4) is 0 Å². The van der Waals surface area contributed by atoms with Crippen molar-refractivity contribution < 1.29 is 18.1 Å². The normalized spacial score (nSPS) is 11.5. The highest BCUT2D eigenvalue weighted by Gasteiger charge is 2.20. The van der Waals surface area contributed by atoms with Gasteiger partial charge in [-0.05, 0) is 19.1 Å². The fraction of sp³-hybridized carbons (Fsp3) is 0.400. The Kier molecular flexibility index (Phi) is 5.67. The molecule has 1 rings (SSSR count). The molecule has 0 heterocycles. The van der Waals surface area contributed by atoms with Crippen LogP contribution >= 0.6 is 11.6 Å². The maximum Gasteiger partial charge on any atom is 0.289 e. The van der Waals surface area contributed by atoms with Crippen molar-refractivity contribution in [2.45, 2.75) is 11.8 Å². The van der Waals surface area contributed by atoms with Crippen molar-refractivity contribution in [1.82, 2.24) is 4.72 Å². The Morgan fingerprint density at radius 2 is 2.16 bits per heavy atom. The largest absolute Gasteiger partial charge is 0.380 e. The topological polar surface area (TPSA) is 98.5 Å². The van der Waals surface area contributed by atoms with Crippen LogP contribution in [0, 0.1) is 10.1 Å². The summed E-state index contributed by atoms with van der Waals surface area (Å²) in [6, 6.07) is 3.31. The molecule has 19 heavy (non-hydrogen) atoms. The van der Waals surface area contributed by atoms with Crippen LogP contribution in [-0.2, 0) is 14.8 Å². The first-order chi connectivity index (χ1) is 8.88. The molecule has 0 unspecified atom stereocenters. The summed E-state index contributed by atoms with van der Waals surface area (Å²) in [5.74, 6) is 0. The van der Waals surface area contributed by atoms with E-state index in [0.717, 1.165) is 6.07 Å². The van der Waals surface area contributed by atoms with Crippen LogP contribution in [-0.4, -0.2) is 33.1 Å². The van der Waals surface area contributed by atoms with Crippen LogP contribution in [0.15, 0.2) is 23.1 Å². The van der Waals surface area contributed by atoms with Gasteiger partial charge in [-0.2, -0.15) is 0 Å². The average Bonchev–Trinajstić information content (AvgIpc) is 2.34. The van der Waals surface area contributed by atoms with E-state index in [1.165, 1.54) is 12.1 Å². The third kappa shape index (κ3) is 4.43. The summed E-state index contributed by atoms with van der Waals surface area (Å²) in [6.45, 7) is 2.59. The molecule has 106 valence electrons. The number of sulfonamides is 1. The summed E-state index contributed by atoms with van der Waals surface area (Å²) in [5.41, 5.74) is -0.450. The molecule has 0 saturated heterocycles. The van der Waals surface area contributed by atoms with Gasteiger partial charge in [-0.1, -0.05) is 11.6 Å². The lowest BCUT2D eigenvalue weighted by molar-refractivity contribution is -0.384. The van der Waals surface area contributed by atoms with E-state index in [1.807, 2.05) is 0 Å². The molecule has 0 saturated carbocycles. The lowest BCUT2D eigenvalue weighted by Crippen LogP contribution is -2.27. The highest BCUT2D eigenvalue weighted by atomic mass is 35.5. The summed E-state index contributed by atoms with van der Waals surface area (Å²) in [5, 5.41) is 10.6. The second-order valence-electron chi connectivity index (χ2n) is 3.47. The molecule has 0 radical (unpaired) electrons. The zero-order valence-corrected chi connectivity index (χ0v) is 11.7. The molecular formula is C10H13ClN2O5S. The van der Waals surface area contributed by atoms with Gasteiger partial charge in [0.2, 0.25) is 10.0 Å². The average molecular weight is 309 g/mol. The molecule has 0 aliphatic carbocycles. The van der Waals surface area contributed by atoms with Crippen LogP contribution in [0.3, 0.4) is 0 Å². The van der Waals surface area contributed by atoms with Crippen molar-refractivity contribution in [1.29, 1.82) is 0 Å². The van der Waals surface area contributed by atoms with Crippen LogP contribution in [0.5, 0.6) is 0 Å². The number of halogens is 1. The zero-order chi connectivity index (χ0) is 14.5. The zero-order valence-electron chi connectivity index (χ0n) is 10.1. The molecule has 9 heteroatoms. The molecular weight excluding hydrogens is 296 g/mol. The van der Waals surface area contributed by atoms with Gasteiger partial charge >= 0.3 is 0 Å². The highest BCUT2D eigenvalue weighted by molar-refractivity contribution is 7.89. The Balaban J connectivity index is 2.89. The Labute approximate surface area is 115 Å². The number of rotatable bonds is 7. The summed E-state index contributed by atoms with van der Waals surface area (Å²) >= 11 is 5.61. The predicted molar refractivity (Wildman–Crippen MR) is 69.8 cm³/mol. The van der Waals surface area contributed by atoms with Crippen molar-refractivity contribution in [2.24, 2.45) is 0 Å². The third-order valence-corrected chi connectivity index (χ3v) is 3.95. The molecule has 1 aromatic rings. The van der Waals surface area contributed by atoms with E-state index < -0.39 is 20.6 Å². The smallest absolute Gasteiger partial charge is 0.289 e. The molecule has 0 aliphatic rings. The van der Waals surface area contributed by atoms with Crippen molar-refractivity contribution in [3.05, 3.63) is 33.3 Å². The van der Waals surface area contributed by atoms with Crippen LogP contribution in [0.4, 0.5) is 5.69 Å². The maximum atomic E-state index is 11.8. The number of benzene rings is 1. The highest BCUT2D eigenvalue weighted by Crippen LogP contribution is 2.26. The van der Waals surface area contributed by atoms with E-state index in [9.17, 15) is 18.5 Å². The van der Waals surface area contributed by atoms with E-state index in [-0.39, 0.29) is 23.1 Å². The maximum absolute atomic E-state index is 11.8. The minimum Gasteiger partial charge on any atom is -0.380 e. The molecule has 0 aliphatic heterocycles. The molecule has 0 amide bonds. The van der Waals surface area contributed by atoms with Gasteiger partial charge < -0.3 is 4.74 Å². The van der Waals surface area contributed by atoms with Gasteiger partial charge in [-0.15, -0.1) is 0 Å². The van der Waals surface area contributed by atoms with Crippen LogP contribution in [0.1, 0.15) is 6.92 Å². The lowest BCUT2D eigenvalue weighted by Gasteiger charge is -2.07. The van der Waals surface area contributed by atoms with E-state index in [1.54, 1.807) is 6.92 Å². The molecule has 1 N–H and O–H groups in total. The molecule has 0 spiro atoms. The number of nitrogens with zero attached hydrogens (tertiary/aromatic N) is 1. The van der Waals surface area contributed by atoms with Crippen molar-refractivity contribution in [2.75, 3.05) is 19.8 Å². The fourth-order valence-corrected chi connectivity index (χ4v) is 2.49. The number of nitrogens with one attached hydrogen (secondary N) is 1. The first-order valence-corrected chi connectivity index (χ1v) is 7.26. The van der Waals surface area contributed by atoms with E-state index in [0.29, 0.717) is 6.61 Å². The first kappa shape index (κ1) is 15.8. The van der Waals surface area contributed by atoms with Gasteiger partial charge in [0.1, 0.15) is 5.02 Å². The second-order valence-corrected chi connectivity index (χ2v) is 5.64.